The summed E-state index contributed by atoms with van der Waals surface area (Å²) < 4.78 is 0.827. The molecule has 1 fully saturated rings. The Balaban J connectivity index is 1.56. The van der Waals surface area contributed by atoms with Gasteiger partial charge in [-0.1, -0.05) is 43.0 Å². The van der Waals surface area contributed by atoms with Crippen molar-refractivity contribution in [1.29, 1.82) is 0 Å². The Morgan fingerprint density at radius 2 is 2.25 bits per heavy atom. The molecule has 2 aromatic heterocycles. The molecular formula is C16H21N5OS2. The normalized spacial score (nSPS) is 15.3. The summed E-state index contributed by atoms with van der Waals surface area (Å²) >= 11 is 3.00. The summed E-state index contributed by atoms with van der Waals surface area (Å²) in [6.45, 7) is 4.58. The van der Waals surface area contributed by atoms with Gasteiger partial charge >= 0.3 is 0 Å². The van der Waals surface area contributed by atoms with E-state index in [2.05, 4.69) is 25.8 Å². The monoisotopic (exact) mass is 363 g/mol. The van der Waals surface area contributed by atoms with Crippen molar-refractivity contribution in [1.82, 2.24) is 20.5 Å². The maximum atomic E-state index is 12.5. The van der Waals surface area contributed by atoms with Crippen LogP contribution in [-0.2, 0) is 11.3 Å². The number of carbonyl (C=O) groups is 1. The first kappa shape index (κ1) is 17.2. The molecule has 24 heavy (non-hydrogen) atoms. The second kappa shape index (κ2) is 7.94. The highest BCUT2D eigenvalue weighted by Gasteiger charge is 2.26. The Bertz CT molecular complexity index is 672. The zero-order chi connectivity index (χ0) is 16.9. The lowest BCUT2D eigenvalue weighted by atomic mass is 10.1. The van der Waals surface area contributed by atoms with Crippen LogP contribution >= 0.6 is 23.1 Å². The van der Waals surface area contributed by atoms with Crippen molar-refractivity contribution in [2.75, 3.05) is 5.32 Å². The highest BCUT2D eigenvalue weighted by Crippen LogP contribution is 2.34. The van der Waals surface area contributed by atoms with Gasteiger partial charge < -0.3 is 10.6 Å². The van der Waals surface area contributed by atoms with E-state index in [4.69, 9.17) is 0 Å². The van der Waals surface area contributed by atoms with E-state index in [-0.39, 0.29) is 17.1 Å². The summed E-state index contributed by atoms with van der Waals surface area (Å²) in [4.78, 5) is 16.6. The van der Waals surface area contributed by atoms with E-state index in [0.717, 1.165) is 15.0 Å². The molecule has 2 N–H and O–H groups in total. The predicted molar refractivity (Wildman–Crippen MR) is 97.1 cm³/mol. The van der Waals surface area contributed by atoms with E-state index in [0.29, 0.717) is 12.6 Å². The van der Waals surface area contributed by atoms with Gasteiger partial charge in [-0.15, -0.1) is 10.2 Å². The standard InChI is InChI=1S/C16H21N5OS2/c1-10(2)13(14(22)18-9-11-4-3-7-17-8-11)23-16-21-20-15(24-16)19-12-5-6-12/h3-4,7-8,10,12-13H,5-6,9H2,1-2H3,(H,18,22)(H,19,20)/t13-/m0/s1. The molecule has 1 aliphatic carbocycles. The fraction of sp³-hybridized carbons (Fsp3) is 0.500. The fourth-order valence-electron chi connectivity index (χ4n) is 2.11. The van der Waals surface area contributed by atoms with E-state index >= 15 is 0 Å². The van der Waals surface area contributed by atoms with E-state index in [1.807, 2.05) is 26.0 Å². The van der Waals surface area contributed by atoms with Crippen molar-refractivity contribution >= 4 is 34.1 Å². The van der Waals surface area contributed by atoms with Crippen LogP contribution in [0.3, 0.4) is 0 Å². The molecule has 0 radical (unpaired) electrons. The maximum absolute atomic E-state index is 12.5. The van der Waals surface area contributed by atoms with Gasteiger partial charge in [0.05, 0.1) is 5.25 Å². The van der Waals surface area contributed by atoms with Crippen LogP contribution in [0.15, 0.2) is 28.9 Å². The summed E-state index contributed by atoms with van der Waals surface area (Å²) in [5.74, 6) is 0.221. The highest BCUT2D eigenvalue weighted by atomic mass is 32.2. The molecule has 1 atom stereocenters. The van der Waals surface area contributed by atoms with Gasteiger partial charge in [0, 0.05) is 25.0 Å². The Kier molecular flexibility index (Phi) is 5.68. The van der Waals surface area contributed by atoms with Gasteiger partial charge in [-0.3, -0.25) is 9.78 Å². The van der Waals surface area contributed by atoms with Crippen molar-refractivity contribution in [3.05, 3.63) is 30.1 Å². The van der Waals surface area contributed by atoms with E-state index in [1.54, 1.807) is 12.4 Å². The first-order chi connectivity index (χ1) is 11.6. The van der Waals surface area contributed by atoms with Crippen molar-refractivity contribution in [2.24, 2.45) is 5.92 Å². The number of nitrogens with zero attached hydrogens (tertiary/aromatic N) is 3. The van der Waals surface area contributed by atoms with Crippen LogP contribution in [0.1, 0.15) is 32.3 Å². The Hall–Kier alpha value is -1.67. The topological polar surface area (TPSA) is 79.8 Å². The number of nitrogens with one attached hydrogen (secondary N) is 2. The van der Waals surface area contributed by atoms with Crippen molar-refractivity contribution in [3.63, 3.8) is 0 Å². The second-order valence-electron chi connectivity index (χ2n) is 6.15. The molecule has 0 spiro atoms. The molecule has 1 amide bonds. The summed E-state index contributed by atoms with van der Waals surface area (Å²) in [5, 5.41) is 15.3. The molecule has 0 saturated heterocycles. The van der Waals surface area contributed by atoms with Gasteiger partial charge in [-0.2, -0.15) is 0 Å². The van der Waals surface area contributed by atoms with Crippen molar-refractivity contribution in [3.8, 4) is 0 Å². The van der Waals surface area contributed by atoms with Gasteiger partial charge in [0.25, 0.3) is 0 Å². The van der Waals surface area contributed by atoms with Gasteiger partial charge in [-0.25, -0.2) is 0 Å². The van der Waals surface area contributed by atoms with E-state index in [1.165, 1.54) is 35.9 Å². The summed E-state index contributed by atoms with van der Waals surface area (Å²) in [7, 11) is 0. The lowest BCUT2D eigenvalue weighted by Crippen LogP contribution is -2.35. The Morgan fingerprint density at radius 3 is 2.92 bits per heavy atom. The molecule has 0 aromatic carbocycles. The highest BCUT2D eigenvalue weighted by molar-refractivity contribution is 8.02. The second-order valence-corrected chi connectivity index (χ2v) is 8.52. The van der Waals surface area contributed by atoms with Crippen molar-refractivity contribution < 1.29 is 4.79 Å². The molecule has 128 valence electrons. The average Bonchev–Trinajstić information content (AvgIpc) is 3.28. The molecule has 1 saturated carbocycles. The lowest BCUT2D eigenvalue weighted by Gasteiger charge is -2.18. The molecular weight excluding hydrogens is 342 g/mol. The SMILES string of the molecule is CC(C)[C@H](Sc1nnc(NC2CC2)s1)C(=O)NCc1cccnc1. The number of carbonyl (C=O) groups excluding carboxylic acids is 1. The number of hydrogen-bond donors (Lipinski definition) is 2. The third-order valence-corrected chi connectivity index (χ3v) is 6.08. The minimum atomic E-state index is -0.191. The smallest absolute Gasteiger partial charge is 0.234 e. The fourth-order valence-corrected chi connectivity index (χ4v) is 4.17. The molecule has 0 bridgehead atoms. The minimum absolute atomic E-state index is 0.0192. The number of anilines is 1. The molecule has 0 aliphatic heterocycles. The first-order valence-electron chi connectivity index (χ1n) is 8.05. The van der Waals surface area contributed by atoms with Crippen LogP contribution in [0.5, 0.6) is 0 Å². The number of aromatic nitrogens is 3. The summed E-state index contributed by atoms with van der Waals surface area (Å²) in [6, 6.07) is 4.37. The van der Waals surface area contributed by atoms with E-state index in [9.17, 15) is 4.79 Å². The first-order valence-corrected chi connectivity index (χ1v) is 9.74. The van der Waals surface area contributed by atoms with Crippen molar-refractivity contribution in [2.45, 2.75) is 48.9 Å². The number of thioether (sulfide) groups is 1. The third kappa shape index (κ3) is 4.91. The minimum Gasteiger partial charge on any atom is -0.357 e. The Morgan fingerprint density at radius 1 is 1.42 bits per heavy atom. The number of hydrogen-bond acceptors (Lipinski definition) is 7. The van der Waals surface area contributed by atoms with Crippen LogP contribution < -0.4 is 10.6 Å². The summed E-state index contributed by atoms with van der Waals surface area (Å²) in [5.41, 5.74) is 0.991. The average molecular weight is 364 g/mol. The van der Waals surface area contributed by atoms with Crippen LogP contribution in [0, 0.1) is 5.92 Å². The molecule has 2 heterocycles. The zero-order valence-corrected chi connectivity index (χ0v) is 15.4. The van der Waals surface area contributed by atoms with Gasteiger partial charge in [0.2, 0.25) is 11.0 Å². The van der Waals surface area contributed by atoms with Gasteiger partial charge in [0.15, 0.2) is 4.34 Å². The predicted octanol–water partition coefficient (Wildman–Crippen LogP) is 2.94. The quantitative estimate of drug-likeness (QED) is 0.702. The number of rotatable bonds is 8. The van der Waals surface area contributed by atoms with Gasteiger partial charge in [-0.05, 0) is 30.4 Å². The van der Waals surface area contributed by atoms with Crippen LogP contribution in [0.4, 0.5) is 5.13 Å². The molecule has 3 rings (SSSR count). The summed E-state index contributed by atoms with van der Waals surface area (Å²) in [6.07, 6.45) is 5.89. The molecule has 0 unspecified atom stereocenters. The number of amides is 1. The molecule has 8 heteroatoms. The van der Waals surface area contributed by atoms with Gasteiger partial charge in [0.1, 0.15) is 0 Å². The van der Waals surface area contributed by atoms with Crippen LogP contribution in [0.2, 0.25) is 0 Å². The zero-order valence-electron chi connectivity index (χ0n) is 13.7. The number of pyridine rings is 1. The third-order valence-electron chi connectivity index (χ3n) is 3.59. The van der Waals surface area contributed by atoms with E-state index < -0.39 is 0 Å². The molecule has 2 aromatic rings. The molecule has 1 aliphatic rings. The van der Waals surface area contributed by atoms with Crippen LogP contribution in [-0.4, -0.2) is 32.4 Å². The Labute approximate surface area is 149 Å². The molecule has 6 nitrogen and oxygen atoms in total. The maximum Gasteiger partial charge on any atom is 0.234 e. The largest absolute Gasteiger partial charge is 0.357 e. The van der Waals surface area contributed by atoms with Crippen LogP contribution in [0.25, 0.3) is 0 Å². The lowest BCUT2D eigenvalue weighted by molar-refractivity contribution is -0.121.